The van der Waals surface area contributed by atoms with Gasteiger partial charge in [-0.1, -0.05) is 31.4 Å². The van der Waals surface area contributed by atoms with Crippen molar-refractivity contribution in [3.63, 3.8) is 0 Å². The lowest BCUT2D eigenvalue weighted by molar-refractivity contribution is 0.259. The van der Waals surface area contributed by atoms with E-state index in [-0.39, 0.29) is 0 Å². The van der Waals surface area contributed by atoms with Crippen LogP contribution in [0.3, 0.4) is 0 Å². The molecule has 0 aromatic heterocycles. The minimum absolute atomic E-state index is 0.408. The number of methoxy groups -OCH3 is 1. The molecule has 1 aliphatic rings. The average Bonchev–Trinajstić information content (AvgIpc) is 2.34. The highest BCUT2D eigenvalue weighted by Crippen LogP contribution is 2.30. The molecule has 1 unspecified atom stereocenters. The van der Waals surface area contributed by atoms with E-state index in [1.807, 2.05) is 12.1 Å². The summed E-state index contributed by atoms with van der Waals surface area (Å²) in [5.41, 5.74) is 1.33. The fourth-order valence-corrected chi connectivity index (χ4v) is 2.71. The van der Waals surface area contributed by atoms with E-state index in [1.165, 1.54) is 31.2 Å². The Kier molecular flexibility index (Phi) is 4.65. The molecule has 1 saturated carbocycles. The Morgan fingerprint density at radius 1 is 1.22 bits per heavy atom. The first-order chi connectivity index (χ1) is 8.69. The Balaban J connectivity index is 1.83. The van der Waals surface area contributed by atoms with Crippen LogP contribution in [0.2, 0.25) is 0 Å². The van der Waals surface area contributed by atoms with Gasteiger partial charge in [-0.25, -0.2) is 0 Å². The fourth-order valence-electron chi connectivity index (χ4n) is 2.71. The lowest BCUT2D eigenvalue weighted by Gasteiger charge is -2.30. The Morgan fingerprint density at radius 2 is 1.89 bits per heavy atom. The van der Waals surface area contributed by atoms with Gasteiger partial charge in [0.05, 0.1) is 7.11 Å². The van der Waals surface area contributed by atoms with E-state index < -0.39 is 0 Å². The molecule has 0 heterocycles. The largest absolute Gasteiger partial charge is 0.497 e. The molecule has 2 rings (SSSR count). The Labute approximate surface area is 111 Å². The van der Waals surface area contributed by atoms with Crippen molar-refractivity contribution >= 4 is 0 Å². The Hall–Kier alpha value is -1.02. The number of hydrogen-bond acceptors (Lipinski definition) is 2. The summed E-state index contributed by atoms with van der Waals surface area (Å²) < 4.78 is 5.18. The highest BCUT2D eigenvalue weighted by molar-refractivity contribution is 5.28. The zero-order valence-electron chi connectivity index (χ0n) is 11.8. The van der Waals surface area contributed by atoms with Crippen LogP contribution in [0.5, 0.6) is 5.75 Å². The van der Waals surface area contributed by atoms with Crippen molar-refractivity contribution in [1.82, 2.24) is 5.32 Å². The van der Waals surface area contributed by atoms with Crippen molar-refractivity contribution in [3.05, 3.63) is 29.8 Å². The molecule has 18 heavy (non-hydrogen) atoms. The molecule has 0 radical (unpaired) electrons. The number of rotatable bonds is 6. The van der Waals surface area contributed by atoms with Crippen molar-refractivity contribution in [1.29, 1.82) is 0 Å². The summed E-state index contributed by atoms with van der Waals surface area (Å²) in [7, 11) is 1.71. The molecule has 2 nitrogen and oxygen atoms in total. The zero-order chi connectivity index (χ0) is 13.0. The molecular formula is C16H25NO. The van der Waals surface area contributed by atoms with Gasteiger partial charge in [-0.15, -0.1) is 0 Å². The summed E-state index contributed by atoms with van der Waals surface area (Å²) in [6.45, 7) is 4.54. The Bertz CT molecular complexity index is 356. The van der Waals surface area contributed by atoms with Crippen molar-refractivity contribution in [2.45, 2.75) is 51.6 Å². The maximum Gasteiger partial charge on any atom is 0.118 e. The second-order valence-electron chi connectivity index (χ2n) is 5.60. The van der Waals surface area contributed by atoms with E-state index in [2.05, 4.69) is 31.3 Å². The van der Waals surface area contributed by atoms with Crippen molar-refractivity contribution in [2.75, 3.05) is 7.11 Å². The van der Waals surface area contributed by atoms with Gasteiger partial charge in [-0.3, -0.25) is 0 Å². The van der Waals surface area contributed by atoms with Gasteiger partial charge in [0.2, 0.25) is 0 Å². The molecule has 1 fully saturated rings. The SMILES string of the molecule is COc1ccc([C@H](C)NC(C)CC2CCC2)cc1. The minimum atomic E-state index is 0.408. The first-order valence-corrected chi connectivity index (χ1v) is 7.09. The van der Waals surface area contributed by atoms with Crippen LogP contribution < -0.4 is 10.1 Å². The second kappa shape index (κ2) is 6.24. The fraction of sp³-hybridized carbons (Fsp3) is 0.625. The standard InChI is InChI=1S/C16H25NO/c1-12(11-14-5-4-6-14)17-13(2)15-7-9-16(18-3)10-8-15/h7-10,12-14,17H,4-6,11H2,1-3H3/t12?,13-/m0/s1. The monoisotopic (exact) mass is 247 g/mol. The van der Waals surface area contributed by atoms with E-state index in [0.29, 0.717) is 12.1 Å². The third-order valence-electron chi connectivity index (χ3n) is 4.06. The zero-order valence-corrected chi connectivity index (χ0v) is 11.8. The summed E-state index contributed by atoms with van der Waals surface area (Å²) in [6, 6.07) is 9.37. The summed E-state index contributed by atoms with van der Waals surface area (Å²) in [5.74, 6) is 1.89. The molecule has 0 saturated heterocycles. The molecule has 0 bridgehead atoms. The summed E-state index contributed by atoms with van der Waals surface area (Å²) in [5, 5.41) is 3.69. The smallest absolute Gasteiger partial charge is 0.118 e. The normalized spacial score (nSPS) is 19.1. The molecule has 0 amide bonds. The van der Waals surface area contributed by atoms with E-state index >= 15 is 0 Å². The quantitative estimate of drug-likeness (QED) is 0.822. The molecule has 100 valence electrons. The van der Waals surface area contributed by atoms with Gasteiger partial charge in [0, 0.05) is 12.1 Å². The van der Waals surface area contributed by atoms with Gasteiger partial charge in [0.1, 0.15) is 5.75 Å². The summed E-state index contributed by atoms with van der Waals surface area (Å²) in [4.78, 5) is 0. The topological polar surface area (TPSA) is 21.3 Å². The molecule has 1 aliphatic carbocycles. The third kappa shape index (κ3) is 3.49. The van der Waals surface area contributed by atoms with E-state index in [0.717, 1.165) is 11.7 Å². The van der Waals surface area contributed by atoms with Crippen molar-refractivity contribution in [3.8, 4) is 5.75 Å². The predicted molar refractivity (Wildman–Crippen MR) is 76.0 cm³/mol. The van der Waals surface area contributed by atoms with Crippen LogP contribution in [0.4, 0.5) is 0 Å². The maximum absolute atomic E-state index is 5.18. The molecule has 0 spiro atoms. The molecular weight excluding hydrogens is 222 g/mol. The first kappa shape index (κ1) is 13.4. The second-order valence-corrected chi connectivity index (χ2v) is 5.60. The lowest BCUT2D eigenvalue weighted by atomic mass is 9.81. The average molecular weight is 247 g/mol. The maximum atomic E-state index is 5.18. The summed E-state index contributed by atoms with van der Waals surface area (Å²) >= 11 is 0. The van der Waals surface area contributed by atoms with Crippen LogP contribution in [-0.2, 0) is 0 Å². The van der Waals surface area contributed by atoms with E-state index in [4.69, 9.17) is 4.74 Å². The molecule has 1 N–H and O–H groups in total. The van der Waals surface area contributed by atoms with Crippen LogP contribution in [0.15, 0.2) is 24.3 Å². The molecule has 0 aliphatic heterocycles. The molecule has 2 atom stereocenters. The number of hydrogen-bond donors (Lipinski definition) is 1. The number of nitrogens with one attached hydrogen (secondary N) is 1. The van der Waals surface area contributed by atoms with Gasteiger partial charge in [-0.05, 0) is 43.9 Å². The molecule has 1 aromatic carbocycles. The predicted octanol–water partition coefficient (Wildman–Crippen LogP) is 3.92. The Morgan fingerprint density at radius 3 is 2.39 bits per heavy atom. The van der Waals surface area contributed by atoms with Gasteiger partial charge in [-0.2, -0.15) is 0 Å². The van der Waals surface area contributed by atoms with E-state index in [1.54, 1.807) is 7.11 Å². The van der Waals surface area contributed by atoms with Gasteiger partial charge >= 0.3 is 0 Å². The number of ether oxygens (including phenoxy) is 1. The minimum Gasteiger partial charge on any atom is -0.497 e. The van der Waals surface area contributed by atoms with E-state index in [9.17, 15) is 0 Å². The first-order valence-electron chi connectivity index (χ1n) is 7.09. The van der Waals surface area contributed by atoms with Crippen LogP contribution >= 0.6 is 0 Å². The molecule has 1 aromatic rings. The van der Waals surface area contributed by atoms with Gasteiger partial charge < -0.3 is 10.1 Å². The highest BCUT2D eigenvalue weighted by atomic mass is 16.5. The molecule has 2 heteroatoms. The van der Waals surface area contributed by atoms with Crippen LogP contribution in [0.1, 0.15) is 51.1 Å². The van der Waals surface area contributed by atoms with Crippen LogP contribution in [0, 0.1) is 5.92 Å². The van der Waals surface area contributed by atoms with Crippen molar-refractivity contribution in [2.24, 2.45) is 5.92 Å². The lowest BCUT2D eigenvalue weighted by Crippen LogP contribution is -2.32. The van der Waals surface area contributed by atoms with Crippen LogP contribution in [0.25, 0.3) is 0 Å². The van der Waals surface area contributed by atoms with Gasteiger partial charge in [0.15, 0.2) is 0 Å². The van der Waals surface area contributed by atoms with Crippen molar-refractivity contribution < 1.29 is 4.74 Å². The van der Waals surface area contributed by atoms with Crippen LogP contribution in [-0.4, -0.2) is 13.2 Å². The summed E-state index contributed by atoms with van der Waals surface area (Å²) in [6.07, 6.45) is 5.62. The third-order valence-corrected chi connectivity index (χ3v) is 4.06. The van der Waals surface area contributed by atoms with Gasteiger partial charge in [0.25, 0.3) is 0 Å². The highest BCUT2D eigenvalue weighted by Gasteiger charge is 2.20. The number of benzene rings is 1.